The predicted octanol–water partition coefficient (Wildman–Crippen LogP) is 3.52. The number of halogens is 1. The summed E-state index contributed by atoms with van der Waals surface area (Å²) in [5.74, 6) is -0.411. The van der Waals surface area contributed by atoms with Gasteiger partial charge in [0.05, 0.1) is 11.6 Å². The summed E-state index contributed by atoms with van der Waals surface area (Å²) in [7, 11) is 0. The van der Waals surface area contributed by atoms with Crippen molar-refractivity contribution in [3.05, 3.63) is 33.8 Å². The summed E-state index contributed by atoms with van der Waals surface area (Å²) in [4.78, 5) is 13.1. The second kappa shape index (κ2) is 8.03. The zero-order valence-electron chi connectivity index (χ0n) is 11.8. The molecule has 0 bridgehead atoms. The quantitative estimate of drug-likeness (QED) is 0.826. The summed E-state index contributed by atoms with van der Waals surface area (Å²) in [6.45, 7) is 6.63. The van der Waals surface area contributed by atoms with Gasteiger partial charge in [-0.15, -0.1) is 0 Å². The van der Waals surface area contributed by atoms with Gasteiger partial charge in [-0.3, -0.25) is 4.90 Å². The molecule has 108 valence electrons. The van der Waals surface area contributed by atoms with E-state index in [0.717, 1.165) is 23.1 Å². The molecule has 0 aliphatic rings. The maximum Gasteiger partial charge on any atom is 0.335 e. The van der Waals surface area contributed by atoms with E-state index in [0.29, 0.717) is 18.9 Å². The SMILES string of the molecule is CC(C)CN(CCC#N)Cc1ccc(C(=O)O)cc1Br. The number of nitriles is 1. The first-order chi connectivity index (χ1) is 9.43. The van der Waals surface area contributed by atoms with Crippen LogP contribution in [0, 0.1) is 17.2 Å². The van der Waals surface area contributed by atoms with Gasteiger partial charge < -0.3 is 5.11 Å². The van der Waals surface area contributed by atoms with Crippen molar-refractivity contribution in [3.63, 3.8) is 0 Å². The van der Waals surface area contributed by atoms with Crippen molar-refractivity contribution in [2.24, 2.45) is 5.92 Å². The lowest BCUT2D eigenvalue weighted by Crippen LogP contribution is -2.28. The zero-order valence-corrected chi connectivity index (χ0v) is 13.4. The van der Waals surface area contributed by atoms with Crippen LogP contribution >= 0.6 is 15.9 Å². The first kappa shape index (κ1) is 16.7. The fourth-order valence-corrected chi connectivity index (χ4v) is 2.51. The van der Waals surface area contributed by atoms with E-state index in [9.17, 15) is 4.79 Å². The van der Waals surface area contributed by atoms with E-state index < -0.39 is 5.97 Å². The first-order valence-electron chi connectivity index (χ1n) is 6.55. The summed E-state index contributed by atoms with van der Waals surface area (Å²) in [5, 5.41) is 17.7. The number of benzene rings is 1. The molecule has 4 nitrogen and oxygen atoms in total. The molecular weight excluding hydrogens is 320 g/mol. The molecule has 0 aliphatic heterocycles. The minimum Gasteiger partial charge on any atom is -0.478 e. The monoisotopic (exact) mass is 338 g/mol. The highest BCUT2D eigenvalue weighted by Gasteiger charge is 2.12. The number of nitrogens with zero attached hydrogens (tertiary/aromatic N) is 2. The molecule has 0 fully saturated rings. The highest BCUT2D eigenvalue weighted by molar-refractivity contribution is 9.10. The van der Waals surface area contributed by atoms with Crippen LogP contribution in [0.25, 0.3) is 0 Å². The van der Waals surface area contributed by atoms with E-state index >= 15 is 0 Å². The number of rotatable bonds is 7. The fraction of sp³-hybridized carbons (Fsp3) is 0.467. The Kier molecular flexibility index (Phi) is 6.69. The van der Waals surface area contributed by atoms with Crippen molar-refractivity contribution in [2.75, 3.05) is 13.1 Å². The number of hydrogen-bond donors (Lipinski definition) is 1. The van der Waals surface area contributed by atoms with Gasteiger partial charge in [-0.25, -0.2) is 4.79 Å². The van der Waals surface area contributed by atoms with Crippen LogP contribution in [-0.2, 0) is 6.54 Å². The topological polar surface area (TPSA) is 64.3 Å². The third-order valence-electron chi connectivity index (χ3n) is 2.86. The Morgan fingerprint density at radius 1 is 1.50 bits per heavy atom. The zero-order chi connectivity index (χ0) is 15.1. The van der Waals surface area contributed by atoms with Crippen molar-refractivity contribution in [2.45, 2.75) is 26.8 Å². The van der Waals surface area contributed by atoms with Crippen LogP contribution in [0.1, 0.15) is 36.2 Å². The molecule has 1 aromatic carbocycles. The first-order valence-corrected chi connectivity index (χ1v) is 7.34. The third kappa shape index (κ3) is 5.32. The molecule has 0 spiro atoms. The van der Waals surface area contributed by atoms with Gasteiger partial charge in [-0.1, -0.05) is 35.8 Å². The predicted molar refractivity (Wildman–Crippen MR) is 81.4 cm³/mol. The Labute approximate surface area is 128 Å². The number of carboxylic acids is 1. The van der Waals surface area contributed by atoms with Crippen molar-refractivity contribution >= 4 is 21.9 Å². The molecule has 0 saturated heterocycles. The highest BCUT2D eigenvalue weighted by atomic mass is 79.9. The van der Waals surface area contributed by atoms with Gasteiger partial charge in [-0.05, 0) is 23.6 Å². The van der Waals surface area contributed by atoms with E-state index in [2.05, 4.69) is 40.7 Å². The average Bonchev–Trinajstić information content (AvgIpc) is 2.37. The van der Waals surface area contributed by atoms with Crippen LogP contribution in [0.3, 0.4) is 0 Å². The Morgan fingerprint density at radius 3 is 2.70 bits per heavy atom. The van der Waals surface area contributed by atoms with Gasteiger partial charge in [0.15, 0.2) is 0 Å². The second-order valence-electron chi connectivity index (χ2n) is 5.15. The molecule has 0 amide bonds. The van der Waals surface area contributed by atoms with Crippen LogP contribution in [0.2, 0.25) is 0 Å². The van der Waals surface area contributed by atoms with E-state index in [4.69, 9.17) is 10.4 Å². The summed E-state index contributed by atoms with van der Waals surface area (Å²) < 4.78 is 0.795. The molecule has 20 heavy (non-hydrogen) atoms. The molecule has 1 aromatic rings. The van der Waals surface area contributed by atoms with Gasteiger partial charge in [0.2, 0.25) is 0 Å². The van der Waals surface area contributed by atoms with E-state index in [1.54, 1.807) is 12.1 Å². The smallest absolute Gasteiger partial charge is 0.335 e. The van der Waals surface area contributed by atoms with Gasteiger partial charge in [0.1, 0.15) is 0 Å². The maximum absolute atomic E-state index is 10.9. The Morgan fingerprint density at radius 2 is 2.20 bits per heavy atom. The van der Waals surface area contributed by atoms with Crippen LogP contribution < -0.4 is 0 Å². The number of hydrogen-bond acceptors (Lipinski definition) is 3. The van der Waals surface area contributed by atoms with Crippen LogP contribution in [0.4, 0.5) is 0 Å². The third-order valence-corrected chi connectivity index (χ3v) is 3.60. The molecule has 1 rings (SSSR count). The lowest BCUT2D eigenvalue weighted by Gasteiger charge is -2.24. The molecule has 0 aliphatic carbocycles. The van der Waals surface area contributed by atoms with Crippen molar-refractivity contribution in [3.8, 4) is 6.07 Å². The molecule has 1 N–H and O–H groups in total. The van der Waals surface area contributed by atoms with Crippen LogP contribution in [0.15, 0.2) is 22.7 Å². The number of carboxylic acid groups (broad SMARTS) is 1. The van der Waals surface area contributed by atoms with Gasteiger partial charge >= 0.3 is 5.97 Å². The minimum absolute atomic E-state index is 0.271. The summed E-state index contributed by atoms with van der Waals surface area (Å²) in [6.07, 6.45) is 0.498. The largest absolute Gasteiger partial charge is 0.478 e. The Balaban J connectivity index is 2.82. The summed E-state index contributed by atoms with van der Waals surface area (Å²) >= 11 is 3.42. The van der Waals surface area contributed by atoms with Crippen molar-refractivity contribution in [1.82, 2.24) is 4.90 Å². The number of carbonyl (C=O) groups is 1. The van der Waals surface area contributed by atoms with Crippen molar-refractivity contribution < 1.29 is 9.90 Å². The molecular formula is C15H19BrN2O2. The average molecular weight is 339 g/mol. The molecule has 0 unspecified atom stereocenters. The molecule has 0 atom stereocenters. The summed E-state index contributed by atoms with van der Waals surface area (Å²) in [6, 6.07) is 7.22. The van der Waals surface area contributed by atoms with Gasteiger partial charge in [0.25, 0.3) is 0 Å². The molecule has 0 saturated carbocycles. The van der Waals surface area contributed by atoms with Crippen molar-refractivity contribution in [1.29, 1.82) is 5.26 Å². The summed E-state index contributed by atoms with van der Waals surface area (Å²) in [5.41, 5.74) is 1.31. The molecule has 0 radical (unpaired) electrons. The van der Waals surface area contributed by atoms with E-state index in [-0.39, 0.29) is 5.56 Å². The molecule has 0 heterocycles. The normalized spacial score (nSPS) is 10.8. The van der Waals surface area contributed by atoms with E-state index in [1.165, 1.54) is 0 Å². The minimum atomic E-state index is -0.930. The lowest BCUT2D eigenvalue weighted by molar-refractivity contribution is 0.0697. The molecule has 0 aromatic heterocycles. The van der Waals surface area contributed by atoms with E-state index in [1.807, 2.05) is 6.07 Å². The maximum atomic E-state index is 10.9. The van der Waals surface area contributed by atoms with Gasteiger partial charge in [0, 0.05) is 30.5 Å². The second-order valence-corrected chi connectivity index (χ2v) is 6.00. The van der Waals surface area contributed by atoms with Crippen LogP contribution in [0.5, 0.6) is 0 Å². The number of aromatic carboxylic acids is 1. The standard InChI is InChI=1S/C15H19BrN2O2/c1-11(2)9-18(7-3-6-17)10-13-5-4-12(15(19)20)8-14(13)16/h4-5,8,11H,3,7,9-10H2,1-2H3,(H,19,20). The highest BCUT2D eigenvalue weighted by Crippen LogP contribution is 2.21. The molecule has 5 heteroatoms. The Hall–Kier alpha value is -1.38. The lowest BCUT2D eigenvalue weighted by atomic mass is 10.1. The van der Waals surface area contributed by atoms with Gasteiger partial charge in [-0.2, -0.15) is 5.26 Å². The fourth-order valence-electron chi connectivity index (χ4n) is 2.01. The Bertz CT molecular complexity index is 509. The van der Waals surface area contributed by atoms with Crippen LogP contribution in [-0.4, -0.2) is 29.1 Å².